The average molecular weight is 936 g/mol. The third-order valence-corrected chi connectivity index (χ3v) is 11.5. The van der Waals surface area contributed by atoms with Gasteiger partial charge in [0.15, 0.2) is 0 Å². The maximum Gasteiger partial charge on any atom is 0.472 e. The van der Waals surface area contributed by atoms with Gasteiger partial charge in [0, 0.05) is 13.2 Å². The highest BCUT2D eigenvalue weighted by Gasteiger charge is 2.20. The predicted octanol–water partition coefficient (Wildman–Crippen LogP) is 19.6. The van der Waals surface area contributed by atoms with Crippen LogP contribution in [0.1, 0.15) is 293 Å². The van der Waals surface area contributed by atoms with Gasteiger partial charge in [0.25, 0.3) is 0 Å². The van der Waals surface area contributed by atoms with Crippen molar-refractivity contribution in [1.29, 1.82) is 0 Å². The Bertz CT molecular complexity index is 716. The summed E-state index contributed by atoms with van der Waals surface area (Å²) < 4.78 is 45.0. The van der Waals surface area contributed by atoms with Gasteiger partial charge in [-0.3, -0.25) is 9.05 Å². The molecule has 2 unspecified atom stereocenters. The molecule has 0 amide bonds. The van der Waals surface area contributed by atoms with Gasteiger partial charge in [-0.2, -0.15) is 0 Å². The Balaban J connectivity index is -0.000000521. The Morgan fingerprint density at radius 3 is 0.762 bits per heavy atom. The summed E-state index contributed by atoms with van der Waals surface area (Å²) in [7, 11) is -4.14. The topological polar surface area (TPSA) is 92.7 Å². The van der Waals surface area contributed by atoms with E-state index in [1.807, 2.05) is 13.8 Å². The van der Waals surface area contributed by atoms with Gasteiger partial charge in [-0.25, -0.2) is 4.57 Å². The summed E-state index contributed by atoms with van der Waals surface area (Å²) in [6, 6.07) is 0. The molecule has 0 aromatic carbocycles. The molecule has 0 rings (SSSR count). The first-order valence-corrected chi connectivity index (χ1v) is 25.4. The molecule has 0 aliphatic carbocycles. The summed E-state index contributed by atoms with van der Waals surface area (Å²) in [5.41, 5.74) is 0. The average Bonchev–Trinajstić information content (AvgIpc) is 3.17. The first-order chi connectivity index (χ1) is 26.9. The highest BCUT2D eigenvalue weighted by Crippen LogP contribution is 2.42. The standard InChI is InChI=1S/C46H95O8P.8CH4/c1-5-7-9-11-13-15-17-19-21-23-25-27-29-31-33-35-37-51-45(3)43-49-39-41-53-55(47,48)54-42-40-50-44-46(4)52-38-36-34-32-30-28-26-24-22-20-18-16-14-12-10-8-6-2;;;;;;;;/h45-46H,5-44H2,1-4H3,(H,47,48);8*1H4. The summed E-state index contributed by atoms with van der Waals surface area (Å²) in [4.78, 5) is 9.91. The van der Waals surface area contributed by atoms with Gasteiger partial charge in [0.2, 0.25) is 0 Å². The largest absolute Gasteiger partial charge is 0.472 e. The Hall–Kier alpha value is -0.0500. The molecule has 396 valence electrons. The van der Waals surface area contributed by atoms with Gasteiger partial charge in [-0.05, 0) is 26.7 Å². The number of hydrogen-bond donors (Lipinski definition) is 1. The van der Waals surface area contributed by atoms with Crippen molar-refractivity contribution < 1.29 is 37.5 Å². The van der Waals surface area contributed by atoms with Gasteiger partial charge in [0.1, 0.15) is 0 Å². The summed E-state index contributed by atoms with van der Waals surface area (Å²) in [5.74, 6) is 0. The highest BCUT2D eigenvalue weighted by molar-refractivity contribution is 7.47. The van der Waals surface area contributed by atoms with Gasteiger partial charge < -0.3 is 23.8 Å². The molecular formula is C54H127O8P. The molecule has 0 spiro atoms. The second kappa shape index (κ2) is 68.5. The molecule has 1 N–H and O–H groups in total. The van der Waals surface area contributed by atoms with Crippen molar-refractivity contribution in [3.8, 4) is 0 Å². The van der Waals surface area contributed by atoms with Crippen molar-refractivity contribution in [1.82, 2.24) is 0 Å². The van der Waals surface area contributed by atoms with Gasteiger partial charge in [-0.1, -0.05) is 266 Å². The summed E-state index contributed by atoms with van der Waals surface area (Å²) >= 11 is 0. The number of phosphoric ester groups is 1. The van der Waals surface area contributed by atoms with E-state index in [1.165, 1.54) is 193 Å². The van der Waals surface area contributed by atoms with E-state index in [4.69, 9.17) is 28.0 Å². The molecule has 0 saturated carbocycles. The minimum absolute atomic E-state index is 0. The molecule has 0 aliphatic rings. The third-order valence-electron chi connectivity index (χ3n) is 10.5. The van der Waals surface area contributed by atoms with Crippen LogP contribution in [0.2, 0.25) is 0 Å². The molecule has 0 saturated heterocycles. The van der Waals surface area contributed by atoms with Crippen LogP contribution in [0.5, 0.6) is 0 Å². The third kappa shape index (κ3) is 71.1. The molecule has 0 radical (unpaired) electrons. The van der Waals surface area contributed by atoms with Crippen LogP contribution in [0.25, 0.3) is 0 Å². The first kappa shape index (κ1) is 83.0. The molecule has 2 atom stereocenters. The fourth-order valence-electron chi connectivity index (χ4n) is 6.92. The molecule has 0 aliphatic heterocycles. The minimum Gasteiger partial charge on any atom is -0.376 e. The minimum atomic E-state index is -4.14. The summed E-state index contributed by atoms with van der Waals surface area (Å²) in [6.07, 6.45) is 43.5. The molecule has 0 fully saturated rings. The lowest BCUT2D eigenvalue weighted by atomic mass is 10.0. The predicted molar refractivity (Wildman–Crippen MR) is 287 cm³/mol. The van der Waals surface area contributed by atoms with E-state index in [0.29, 0.717) is 13.2 Å². The van der Waals surface area contributed by atoms with E-state index in [0.717, 1.165) is 26.1 Å². The fraction of sp³-hybridized carbons (Fsp3) is 1.00. The first-order valence-electron chi connectivity index (χ1n) is 23.9. The van der Waals surface area contributed by atoms with Crippen molar-refractivity contribution >= 4 is 7.82 Å². The van der Waals surface area contributed by atoms with Crippen LogP contribution >= 0.6 is 7.82 Å². The lowest BCUT2D eigenvalue weighted by Crippen LogP contribution is -2.19. The van der Waals surface area contributed by atoms with Crippen LogP contribution in [0.15, 0.2) is 0 Å². The molecule has 9 heteroatoms. The molecule has 63 heavy (non-hydrogen) atoms. The normalized spacial score (nSPS) is 12.3. The van der Waals surface area contributed by atoms with Crippen LogP contribution in [-0.2, 0) is 32.6 Å². The van der Waals surface area contributed by atoms with Crippen LogP contribution in [0.3, 0.4) is 0 Å². The lowest BCUT2D eigenvalue weighted by Gasteiger charge is -2.16. The molecule has 0 heterocycles. The van der Waals surface area contributed by atoms with Gasteiger partial charge in [-0.15, -0.1) is 0 Å². The summed E-state index contributed by atoms with van der Waals surface area (Å²) in [5, 5.41) is 0. The van der Waals surface area contributed by atoms with E-state index in [9.17, 15) is 9.46 Å². The van der Waals surface area contributed by atoms with Crippen molar-refractivity contribution in [3.05, 3.63) is 0 Å². The molecule has 0 aromatic rings. The van der Waals surface area contributed by atoms with E-state index in [-0.39, 0.29) is 98.0 Å². The van der Waals surface area contributed by atoms with Crippen molar-refractivity contribution in [3.63, 3.8) is 0 Å². The van der Waals surface area contributed by atoms with E-state index >= 15 is 0 Å². The Labute approximate surface area is 401 Å². The number of rotatable bonds is 48. The van der Waals surface area contributed by atoms with E-state index in [1.54, 1.807) is 0 Å². The second-order valence-electron chi connectivity index (χ2n) is 16.3. The van der Waals surface area contributed by atoms with Crippen LogP contribution in [0, 0.1) is 0 Å². The van der Waals surface area contributed by atoms with Crippen molar-refractivity contribution in [2.75, 3.05) is 52.9 Å². The Kier molecular flexibility index (Phi) is 90.3. The number of unbranched alkanes of at least 4 members (excludes halogenated alkanes) is 30. The maximum atomic E-state index is 12.1. The maximum absolute atomic E-state index is 12.1. The zero-order valence-electron chi connectivity index (χ0n) is 37.2. The molecule has 0 aromatic heterocycles. The van der Waals surface area contributed by atoms with Crippen LogP contribution < -0.4 is 0 Å². The fourth-order valence-corrected chi connectivity index (χ4v) is 7.61. The van der Waals surface area contributed by atoms with Crippen molar-refractivity contribution in [2.45, 2.75) is 305 Å². The van der Waals surface area contributed by atoms with Gasteiger partial charge >= 0.3 is 7.82 Å². The summed E-state index contributed by atoms with van der Waals surface area (Å²) in [6.45, 7) is 11.2. The van der Waals surface area contributed by atoms with Crippen LogP contribution in [0.4, 0.5) is 0 Å². The molecular weight excluding hydrogens is 808 g/mol. The van der Waals surface area contributed by atoms with E-state index < -0.39 is 7.82 Å². The van der Waals surface area contributed by atoms with Crippen molar-refractivity contribution in [2.24, 2.45) is 0 Å². The Morgan fingerprint density at radius 1 is 0.333 bits per heavy atom. The smallest absolute Gasteiger partial charge is 0.376 e. The molecule has 0 bridgehead atoms. The second-order valence-corrected chi connectivity index (χ2v) is 17.7. The highest BCUT2D eigenvalue weighted by atomic mass is 31.2. The zero-order chi connectivity index (χ0) is 40.2. The Morgan fingerprint density at radius 2 is 0.540 bits per heavy atom. The SMILES string of the molecule is C.C.C.C.C.C.C.C.CCCCCCCCCCCCCCCCCCOC(C)COCCOP(=O)(O)OCCOCC(C)OCCCCCCCCCCCCCCCCCC. The van der Waals surface area contributed by atoms with Gasteiger partial charge in [0.05, 0.1) is 51.8 Å². The monoisotopic (exact) mass is 935 g/mol. The van der Waals surface area contributed by atoms with E-state index in [2.05, 4.69) is 13.8 Å². The molecule has 8 nitrogen and oxygen atoms in total. The number of hydrogen-bond acceptors (Lipinski definition) is 7. The lowest BCUT2D eigenvalue weighted by molar-refractivity contribution is -0.0213. The zero-order valence-corrected chi connectivity index (χ0v) is 38.1. The number of ether oxygens (including phenoxy) is 4. The number of phosphoric acid groups is 1. The van der Waals surface area contributed by atoms with Crippen LogP contribution in [-0.4, -0.2) is 70.0 Å². The quantitative estimate of drug-likeness (QED) is 0.0476.